The number of thioether (sulfide) groups is 1. The van der Waals surface area contributed by atoms with Gasteiger partial charge < -0.3 is 15.3 Å². The number of piperidine rings is 1. The number of rotatable bonds is 6. The first-order valence-electron chi connectivity index (χ1n) is 6.33. The molecule has 16 heavy (non-hydrogen) atoms. The molecular weight excluding hydrogens is 220 g/mol. The van der Waals surface area contributed by atoms with Gasteiger partial charge in [-0.25, -0.2) is 0 Å². The monoisotopic (exact) mass is 246 g/mol. The van der Waals surface area contributed by atoms with E-state index in [4.69, 9.17) is 0 Å². The highest BCUT2D eigenvalue weighted by atomic mass is 32.2. The van der Waals surface area contributed by atoms with E-state index in [0.29, 0.717) is 17.3 Å². The van der Waals surface area contributed by atoms with Gasteiger partial charge in [-0.3, -0.25) is 0 Å². The molecule has 0 aromatic carbocycles. The fourth-order valence-electron chi connectivity index (χ4n) is 2.33. The van der Waals surface area contributed by atoms with E-state index in [2.05, 4.69) is 30.3 Å². The van der Waals surface area contributed by atoms with E-state index >= 15 is 0 Å². The van der Waals surface area contributed by atoms with Crippen LogP contribution in [0.1, 0.15) is 26.7 Å². The van der Waals surface area contributed by atoms with Crippen molar-refractivity contribution in [1.82, 2.24) is 10.2 Å². The van der Waals surface area contributed by atoms with Crippen LogP contribution >= 0.6 is 11.8 Å². The first-order valence-corrected chi connectivity index (χ1v) is 7.62. The van der Waals surface area contributed by atoms with Gasteiger partial charge in [-0.1, -0.05) is 6.92 Å². The Balaban J connectivity index is 2.27. The van der Waals surface area contributed by atoms with Crippen LogP contribution in [0.2, 0.25) is 0 Å². The number of likely N-dealkylation sites (tertiary alicyclic amines) is 1. The van der Waals surface area contributed by atoms with Gasteiger partial charge in [-0.05, 0) is 45.7 Å². The molecule has 2 atom stereocenters. The number of hydrogen-bond acceptors (Lipinski definition) is 4. The molecule has 3 nitrogen and oxygen atoms in total. The van der Waals surface area contributed by atoms with Crippen molar-refractivity contribution in [2.45, 2.75) is 44.0 Å². The molecule has 1 aliphatic rings. The minimum atomic E-state index is 0.267. The summed E-state index contributed by atoms with van der Waals surface area (Å²) in [6.45, 7) is 8.28. The zero-order valence-electron chi connectivity index (χ0n) is 10.8. The van der Waals surface area contributed by atoms with Crippen LogP contribution in [0.4, 0.5) is 0 Å². The maximum Gasteiger partial charge on any atom is 0.0564 e. The molecule has 2 unspecified atom stereocenters. The molecule has 0 aromatic heterocycles. The smallest absolute Gasteiger partial charge is 0.0564 e. The van der Waals surface area contributed by atoms with Gasteiger partial charge in [0.2, 0.25) is 0 Å². The largest absolute Gasteiger partial charge is 0.395 e. The zero-order valence-corrected chi connectivity index (χ0v) is 11.6. The third kappa shape index (κ3) is 4.24. The first-order chi connectivity index (χ1) is 7.71. The SMILES string of the molecule is CCN1CCC(NC(C)C(CO)SC)CC1. The molecule has 1 rings (SSSR count). The highest BCUT2D eigenvalue weighted by Crippen LogP contribution is 2.15. The van der Waals surface area contributed by atoms with E-state index in [1.165, 1.54) is 32.5 Å². The molecule has 4 heteroatoms. The third-order valence-corrected chi connectivity index (χ3v) is 4.74. The maximum atomic E-state index is 9.24. The van der Waals surface area contributed by atoms with E-state index in [0.717, 1.165) is 0 Å². The zero-order chi connectivity index (χ0) is 12.0. The Morgan fingerprint density at radius 1 is 1.44 bits per heavy atom. The summed E-state index contributed by atoms with van der Waals surface area (Å²) in [6, 6.07) is 1.04. The second kappa shape index (κ2) is 7.54. The summed E-state index contributed by atoms with van der Waals surface area (Å²) in [5.41, 5.74) is 0. The first kappa shape index (κ1) is 14.3. The highest BCUT2D eigenvalue weighted by Gasteiger charge is 2.22. The predicted molar refractivity (Wildman–Crippen MR) is 72.1 cm³/mol. The Hall–Kier alpha value is 0.230. The van der Waals surface area contributed by atoms with Crippen molar-refractivity contribution < 1.29 is 5.11 Å². The van der Waals surface area contributed by atoms with Crippen LogP contribution < -0.4 is 5.32 Å². The highest BCUT2D eigenvalue weighted by molar-refractivity contribution is 7.99. The molecule has 0 amide bonds. The summed E-state index contributed by atoms with van der Waals surface area (Å²) in [4.78, 5) is 2.50. The van der Waals surface area contributed by atoms with Gasteiger partial charge in [-0.2, -0.15) is 11.8 Å². The summed E-state index contributed by atoms with van der Waals surface area (Å²) in [5, 5.41) is 13.2. The molecule has 0 radical (unpaired) electrons. The fourth-order valence-corrected chi connectivity index (χ4v) is 2.97. The van der Waals surface area contributed by atoms with Crippen LogP contribution in [0.3, 0.4) is 0 Å². The van der Waals surface area contributed by atoms with Crippen molar-refractivity contribution in [3.63, 3.8) is 0 Å². The maximum absolute atomic E-state index is 9.24. The van der Waals surface area contributed by atoms with Crippen LogP contribution in [0.5, 0.6) is 0 Å². The molecule has 1 aliphatic heterocycles. The average molecular weight is 246 g/mol. The molecule has 0 bridgehead atoms. The fraction of sp³-hybridized carbons (Fsp3) is 1.00. The van der Waals surface area contributed by atoms with Gasteiger partial charge >= 0.3 is 0 Å². The van der Waals surface area contributed by atoms with Gasteiger partial charge in [0.1, 0.15) is 0 Å². The Labute approximate surface area is 104 Å². The van der Waals surface area contributed by atoms with Crippen molar-refractivity contribution in [3.05, 3.63) is 0 Å². The predicted octanol–water partition coefficient (Wildman–Crippen LogP) is 1.17. The van der Waals surface area contributed by atoms with E-state index in [1.807, 2.05) is 0 Å². The molecule has 0 saturated carbocycles. The molecular formula is C12H26N2OS. The van der Waals surface area contributed by atoms with E-state index in [9.17, 15) is 5.11 Å². The minimum Gasteiger partial charge on any atom is -0.395 e. The van der Waals surface area contributed by atoms with E-state index in [1.54, 1.807) is 11.8 Å². The lowest BCUT2D eigenvalue weighted by molar-refractivity contribution is 0.194. The second-order valence-corrected chi connectivity index (χ2v) is 5.70. The lowest BCUT2D eigenvalue weighted by atomic mass is 10.0. The summed E-state index contributed by atoms with van der Waals surface area (Å²) >= 11 is 1.75. The molecule has 0 aromatic rings. The van der Waals surface area contributed by atoms with Crippen molar-refractivity contribution in [3.8, 4) is 0 Å². The van der Waals surface area contributed by atoms with Crippen molar-refractivity contribution in [2.75, 3.05) is 32.5 Å². The van der Waals surface area contributed by atoms with Crippen LogP contribution in [-0.2, 0) is 0 Å². The molecule has 1 heterocycles. The summed E-state index contributed by atoms with van der Waals surface area (Å²) in [6.07, 6.45) is 4.55. The molecule has 1 fully saturated rings. The van der Waals surface area contributed by atoms with E-state index < -0.39 is 0 Å². The number of hydrogen-bond donors (Lipinski definition) is 2. The summed E-state index contributed by atoms with van der Waals surface area (Å²) < 4.78 is 0. The van der Waals surface area contributed by atoms with Crippen LogP contribution in [0.25, 0.3) is 0 Å². The van der Waals surface area contributed by atoms with E-state index in [-0.39, 0.29) is 6.61 Å². The average Bonchev–Trinajstić information content (AvgIpc) is 2.31. The van der Waals surface area contributed by atoms with Crippen LogP contribution in [-0.4, -0.2) is 59.8 Å². The Bertz CT molecular complexity index is 180. The number of nitrogens with one attached hydrogen (secondary N) is 1. The summed E-state index contributed by atoms with van der Waals surface area (Å²) in [5.74, 6) is 0. The van der Waals surface area contributed by atoms with Gasteiger partial charge in [0.05, 0.1) is 6.61 Å². The number of nitrogens with zero attached hydrogens (tertiary/aromatic N) is 1. The normalized spacial score (nSPS) is 23.2. The lowest BCUT2D eigenvalue weighted by Gasteiger charge is -2.34. The Morgan fingerprint density at radius 3 is 2.50 bits per heavy atom. The van der Waals surface area contributed by atoms with Crippen LogP contribution in [0, 0.1) is 0 Å². The van der Waals surface area contributed by atoms with Gasteiger partial charge in [-0.15, -0.1) is 0 Å². The van der Waals surface area contributed by atoms with Gasteiger partial charge in [0.15, 0.2) is 0 Å². The van der Waals surface area contributed by atoms with Crippen LogP contribution in [0.15, 0.2) is 0 Å². The lowest BCUT2D eigenvalue weighted by Crippen LogP contribution is -2.48. The molecule has 0 aliphatic carbocycles. The molecule has 1 saturated heterocycles. The standard InChI is InChI=1S/C12H26N2OS/c1-4-14-7-5-11(6-8-14)13-10(2)12(9-15)16-3/h10-13,15H,4-9H2,1-3H3. The topological polar surface area (TPSA) is 35.5 Å². The van der Waals surface area contributed by atoms with Gasteiger partial charge in [0.25, 0.3) is 0 Å². The van der Waals surface area contributed by atoms with Crippen molar-refractivity contribution in [1.29, 1.82) is 0 Å². The second-order valence-electron chi connectivity index (χ2n) is 4.62. The number of aliphatic hydroxyl groups excluding tert-OH is 1. The third-order valence-electron chi connectivity index (χ3n) is 3.57. The Morgan fingerprint density at radius 2 is 2.06 bits per heavy atom. The molecule has 0 spiro atoms. The number of aliphatic hydroxyl groups is 1. The molecule has 2 N–H and O–H groups in total. The minimum absolute atomic E-state index is 0.267. The molecule has 96 valence electrons. The summed E-state index contributed by atoms with van der Waals surface area (Å²) in [7, 11) is 0. The van der Waals surface area contributed by atoms with Crippen molar-refractivity contribution in [2.24, 2.45) is 0 Å². The van der Waals surface area contributed by atoms with Crippen molar-refractivity contribution >= 4 is 11.8 Å². The Kier molecular flexibility index (Phi) is 6.73. The van der Waals surface area contributed by atoms with Gasteiger partial charge in [0, 0.05) is 17.3 Å². The quantitative estimate of drug-likeness (QED) is 0.737.